The van der Waals surface area contributed by atoms with Gasteiger partial charge in [-0.2, -0.15) is 0 Å². The van der Waals surface area contributed by atoms with Crippen LogP contribution < -0.4 is 10.2 Å². The Kier molecular flexibility index (Phi) is 4.98. The summed E-state index contributed by atoms with van der Waals surface area (Å²) in [6.07, 6.45) is 3.83. The van der Waals surface area contributed by atoms with E-state index >= 15 is 0 Å². The Labute approximate surface area is 161 Å². The molecule has 1 unspecified atom stereocenters. The van der Waals surface area contributed by atoms with Crippen LogP contribution in [0.15, 0.2) is 66.3 Å². The molecule has 0 aliphatic carbocycles. The van der Waals surface area contributed by atoms with Gasteiger partial charge in [0, 0.05) is 48.0 Å². The van der Waals surface area contributed by atoms with Crippen molar-refractivity contribution in [2.75, 3.05) is 11.4 Å². The Morgan fingerprint density at radius 1 is 1.19 bits per heavy atom. The van der Waals surface area contributed by atoms with Crippen molar-refractivity contribution in [3.05, 3.63) is 71.9 Å². The molecule has 5 nitrogen and oxygen atoms in total. The van der Waals surface area contributed by atoms with Gasteiger partial charge < -0.3 is 10.2 Å². The number of hydrogen-bond donors (Lipinski definition) is 1. The summed E-state index contributed by atoms with van der Waals surface area (Å²) in [7, 11) is 0. The number of carbonyl (C=O) groups excluding carboxylic acids is 2. The van der Waals surface area contributed by atoms with E-state index in [1.807, 2.05) is 60.1 Å². The molecule has 2 aromatic heterocycles. The fraction of sp³-hybridized carbons (Fsp3) is 0.190. The van der Waals surface area contributed by atoms with Crippen LogP contribution in [-0.2, 0) is 16.1 Å². The zero-order chi connectivity index (χ0) is 18.6. The molecule has 1 N–H and O–H groups in total. The van der Waals surface area contributed by atoms with Crippen molar-refractivity contribution in [2.24, 2.45) is 5.92 Å². The van der Waals surface area contributed by atoms with Crippen LogP contribution in [0.25, 0.3) is 10.4 Å². The predicted molar refractivity (Wildman–Crippen MR) is 106 cm³/mol. The van der Waals surface area contributed by atoms with E-state index in [0.29, 0.717) is 13.1 Å². The topological polar surface area (TPSA) is 62.3 Å². The van der Waals surface area contributed by atoms with Crippen LogP contribution in [-0.4, -0.2) is 23.3 Å². The summed E-state index contributed by atoms with van der Waals surface area (Å²) in [5.41, 5.74) is 2.83. The van der Waals surface area contributed by atoms with Crippen LogP contribution >= 0.6 is 11.3 Å². The minimum atomic E-state index is -0.328. The van der Waals surface area contributed by atoms with E-state index in [4.69, 9.17) is 0 Å². The molecule has 4 rings (SSSR count). The minimum absolute atomic E-state index is 0.0114. The standard InChI is InChI=1S/C21H19N3O2S/c25-20-10-17(14-24(20)18-5-2-1-3-6-18)21(26)23-12-15-9-16(13-22-11-15)19-7-4-8-27-19/h1-9,11,13,17H,10,12,14H2,(H,23,26). The highest BCUT2D eigenvalue weighted by Gasteiger charge is 2.34. The van der Waals surface area contributed by atoms with Gasteiger partial charge >= 0.3 is 0 Å². The van der Waals surface area contributed by atoms with Crippen molar-refractivity contribution in [2.45, 2.75) is 13.0 Å². The number of carbonyl (C=O) groups is 2. The van der Waals surface area contributed by atoms with Gasteiger partial charge in [0.2, 0.25) is 11.8 Å². The number of pyridine rings is 1. The van der Waals surface area contributed by atoms with Gasteiger partial charge in [0.15, 0.2) is 0 Å². The van der Waals surface area contributed by atoms with E-state index in [2.05, 4.69) is 10.3 Å². The summed E-state index contributed by atoms with van der Waals surface area (Å²) in [5, 5.41) is 4.98. The van der Waals surface area contributed by atoms with Crippen LogP contribution in [0.3, 0.4) is 0 Å². The number of aromatic nitrogens is 1. The molecule has 3 heterocycles. The van der Waals surface area contributed by atoms with Crippen molar-refractivity contribution < 1.29 is 9.59 Å². The maximum atomic E-state index is 12.5. The minimum Gasteiger partial charge on any atom is -0.352 e. The third-order valence-electron chi connectivity index (χ3n) is 4.63. The normalized spacial score (nSPS) is 16.5. The van der Waals surface area contributed by atoms with Gasteiger partial charge in [-0.05, 0) is 35.2 Å². The molecular weight excluding hydrogens is 358 g/mol. The van der Waals surface area contributed by atoms with Gasteiger partial charge in [0.05, 0.1) is 5.92 Å². The second-order valence-electron chi connectivity index (χ2n) is 6.52. The lowest BCUT2D eigenvalue weighted by molar-refractivity contribution is -0.126. The maximum absolute atomic E-state index is 12.5. The lowest BCUT2D eigenvalue weighted by Crippen LogP contribution is -2.32. The molecule has 3 aromatic rings. The first-order valence-electron chi connectivity index (χ1n) is 8.81. The van der Waals surface area contributed by atoms with Crippen molar-refractivity contribution >= 4 is 28.8 Å². The fourth-order valence-corrected chi connectivity index (χ4v) is 3.94. The molecule has 0 radical (unpaired) electrons. The van der Waals surface area contributed by atoms with E-state index in [1.54, 1.807) is 22.4 Å². The number of nitrogens with one attached hydrogen (secondary N) is 1. The quantitative estimate of drug-likeness (QED) is 0.740. The molecule has 1 aromatic carbocycles. The molecule has 1 atom stereocenters. The predicted octanol–water partition coefficient (Wildman–Crippen LogP) is 3.48. The van der Waals surface area contributed by atoms with Gasteiger partial charge in [-0.3, -0.25) is 14.6 Å². The summed E-state index contributed by atoms with van der Waals surface area (Å²) >= 11 is 1.66. The average molecular weight is 377 g/mol. The summed E-state index contributed by atoms with van der Waals surface area (Å²) < 4.78 is 0. The summed E-state index contributed by atoms with van der Waals surface area (Å²) in [6.45, 7) is 0.823. The largest absolute Gasteiger partial charge is 0.352 e. The first-order valence-corrected chi connectivity index (χ1v) is 9.69. The first kappa shape index (κ1) is 17.4. The monoisotopic (exact) mass is 377 g/mol. The maximum Gasteiger partial charge on any atom is 0.227 e. The van der Waals surface area contributed by atoms with Crippen LogP contribution in [0.4, 0.5) is 5.69 Å². The van der Waals surface area contributed by atoms with E-state index in [0.717, 1.165) is 21.7 Å². The van der Waals surface area contributed by atoms with Crippen molar-refractivity contribution in [1.82, 2.24) is 10.3 Å². The summed E-state index contributed by atoms with van der Waals surface area (Å²) in [4.78, 5) is 31.9. The van der Waals surface area contributed by atoms with E-state index in [9.17, 15) is 9.59 Å². The van der Waals surface area contributed by atoms with Crippen molar-refractivity contribution in [1.29, 1.82) is 0 Å². The lowest BCUT2D eigenvalue weighted by atomic mass is 10.1. The van der Waals surface area contributed by atoms with Gasteiger partial charge in [0.25, 0.3) is 0 Å². The van der Waals surface area contributed by atoms with E-state index < -0.39 is 0 Å². The Balaban J connectivity index is 1.38. The molecule has 2 amide bonds. The van der Waals surface area contributed by atoms with Crippen LogP contribution in [0.2, 0.25) is 0 Å². The Morgan fingerprint density at radius 3 is 2.81 bits per heavy atom. The molecule has 0 bridgehead atoms. The molecule has 1 aliphatic heterocycles. The second-order valence-corrected chi connectivity index (χ2v) is 7.47. The number of anilines is 1. The Morgan fingerprint density at radius 2 is 2.04 bits per heavy atom. The second kappa shape index (κ2) is 7.72. The average Bonchev–Trinajstić information content (AvgIpc) is 3.37. The molecule has 1 fully saturated rings. The van der Waals surface area contributed by atoms with Crippen LogP contribution in [0.5, 0.6) is 0 Å². The highest BCUT2D eigenvalue weighted by atomic mass is 32.1. The molecule has 1 aliphatic rings. The molecule has 27 heavy (non-hydrogen) atoms. The Bertz CT molecular complexity index is 941. The van der Waals surface area contributed by atoms with Crippen molar-refractivity contribution in [3.8, 4) is 10.4 Å². The number of rotatable bonds is 5. The van der Waals surface area contributed by atoms with Gasteiger partial charge in [-0.25, -0.2) is 0 Å². The Hall–Kier alpha value is -2.99. The zero-order valence-electron chi connectivity index (χ0n) is 14.7. The molecule has 1 saturated heterocycles. The molecule has 0 saturated carbocycles. The van der Waals surface area contributed by atoms with Crippen molar-refractivity contribution in [3.63, 3.8) is 0 Å². The number of nitrogens with zero attached hydrogens (tertiary/aromatic N) is 2. The number of para-hydroxylation sites is 1. The summed E-state index contributed by atoms with van der Waals surface area (Å²) in [6, 6.07) is 15.6. The van der Waals surface area contributed by atoms with Gasteiger partial charge in [-0.15, -0.1) is 11.3 Å². The van der Waals surface area contributed by atoms with E-state index in [-0.39, 0.29) is 24.2 Å². The molecule has 136 valence electrons. The van der Waals surface area contributed by atoms with Crippen LogP contribution in [0, 0.1) is 5.92 Å². The van der Waals surface area contributed by atoms with Crippen LogP contribution in [0.1, 0.15) is 12.0 Å². The SMILES string of the molecule is O=C(NCc1cncc(-c2cccs2)c1)C1CC(=O)N(c2ccccc2)C1. The number of benzene rings is 1. The van der Waals surface area contributed by atoms with E-state index in [1.165, 1.54) is 0 Å². The smallest absolute Gasteiger partial charge is 0.227 e. The third-order valence-corrected chi connectivity index (χ3v) is 5.55. The van der Waals surface area contributed by atoms with Gasteiger partial charge in [0.1, 0.15) is 0 Å². The molecule has 0 spiro atoms. The third kappa shape index (κ3) is 3.90. The highest BCUT2D eigenvalue weighted by Crippen LogP contribution is 2.26. The zero-order valence-corrected chi connectivity index (χ0v) is 15.5. The number of amides is 2. The fourth-order valence-electron chi connectivity index (χ4n) is 3.24. The first-order chi connectivity index (χ1) is 13.2. The highest BCUT2D eigenvalue weighted by molar-refractivity contribution is 7.13. The van der Waals surface area contributed by atoms with Gasteiger partial charge in [-0.1, -0.05) is 24.3 Å². The number of hydrogen-bond acceptors (Lipinski definition) is 4. The number of thiophene rings is 1. The molecule has 6 heteroatoms. The molecular formula is C21H19N3O2S. The summed E-state index contributed by atoms with van der Waals surface area (Å²) in [5.74, 6) is -0.433. The lowest BCUT2D eigenvalue weighted by Gasteiger charge is -2.16.